The molecule has 170 valence electrons. The number of amides is 1. The van der Waals surface area contributed by atoms with Crippen LogP contribution in [0.2, 0.25) is 0 Å². The summed E-state index contributed by atoms with van der Waals surface area (Å²) in [5.74, 6) is -0.674. The number of nitrogens with two attached hydrogens (primary N) is 1. The number of nitrogens with one attached hydrogen (secondary N) is 1. The van der Waals surface area contributed by atoms with Crippen LogP contribution in [0.25, 0.3) is 21.8 Å². The van der Waals surface area contributed by atoms with Gasteiger partial charge >= 0.3 is 0 Å². The van der Waals surface area contributed by atoms with Gasteiger partial charge in [-0.2, -0.15) is 5.10 Å². The smallest absolute Gasteiger partial charge is 0.252 e. The quantitative estimate of drug-likeness (QED) is 0.398. The van der Waals surface area contributed by atoms with Crippen LogP contribution in [0.3, 0.4) is 0 Å². The Labute approximate surface area is 196 Å². The molecule has 3 aromatic carbocycles. The van der Waals surface area contributed by atoms with E-state index in [-0.39, 0.29) is 20.9 Å². The van der Waals surface area contributed by atoms with Crippen LogP contribution >= 0.6 is 0 Å². The molecule has 0 unspecified atom stereocenters. The Hall–Kier alpha value is -4.24. The van der Waals surface area contributed by atoms with Crippen LogP contribution in [-0.2, 0) is 16.9 Å². The van der Waals surface area contributed by atoms with Gasteiger partial charge in [-0.25, -0.2) is 8.42 Å². The molecule has 0 atom stereocenters. The van der Waals surface area contributed by atoms with Gasteiger partial charge in [0.15, 0.2) is 0 Å². The Morgan fingerprint density at radius 1 is 1.03 bits per heavy atom. The normalized spacial score (nSPS) is 11.7. The fraction of sp³-hybridized carbons (Fsp3) is 0.0800. The molecule has 0 spiro atoms. The van der Waals surface area contributed by atoms with E-state index >= 15 is 0 Å². The molecule has 3 N–H and O–H groups in total. The van der Waals surface area contributed by atoms with Crippen molar-refractivity contribution in [3.05, 3.63) is 84.2 Å². The summed E-state index contributed by atoms with van der Waals surface area (Å²) in [5.41, 5.74) is 8.76. The Morgan fingerprint density at radius 2 is 1.79 bits per heavy atom. The highest BCUT2D eigenvalue weighted by Gasteiger charge is 2.24. The third-order valence-corrected chi connectivity index (χ3v) is 7.49. The number of pyridine rings is 1. The number of hydrogen-bond acceptors (Lipinski definition) is 6. The lowest BCUT2D eigenvalue weighted by Gasteiger charge is -2.16. The van der Waals surface area contributed by atoms with Gasteiger partial charge in [0.25, 0.3) is 5.91 Å². The van der Waals surface area contributed by atoms with Crippen LogP contribution in [0.15, 0.2) is 82.8 Å². The predicted molar refractivity (Wildman–Crippen MR) is 131 cm³/mol. The fourth-order valence-corrected chi connectivity index (χ4v) is 5.55. The second kappa shape index (κ2) is 7.96. The minimum absolute atomic E-state index is 0.0647. The molecule has 0 aliphatic heterocycles. The van der Waals surface area contributed by atoms with Gasteiger partial charge in [0, 0.05) is 29.7 Å². The average molecular weight is 472 g/mol. The zero-order valence-electron chi connectivity index (χ0n) is 18.5. The van der Waals surface area contributed by atoms with Crippen molar-refractivity contribution < 1.29 is 13.2 Å². The summed E-state index contributed by atoms with van der Waals surface area (Å²) in [7, 11) is -2.02. The predicted octanol–water partition coefficient (Wildman–Crippen LogP) is 4.11. The number of primary amides is 1. The number of rotatable bonds is 5. The number of carbonyl (C=O) groups excluding carboxylic acids is 1. The summed E-state index contributed by atoms with van der Waals surface area (Å²) in [4.78, 5) is 16.9. The second-order valence-corrected chi connectivity index (χ2v) is 9.97. The van der Waals surface area contributed by atoms with Crippen LogP contribution < -0.4 is 11.1 Å². The van der Waals surface area contributed by atoms with E-state index in [1.807, 2.05) is 25.2 Å². The first-order chi connectivity index (χ1) is 16.3. The molecule has 0 fully saturated rings. The third-order valence-electron chi connectivity index (χ3n) is 5.71. The van der Waals surface area contributed by atoms with E-state index in [0.29, 0.717) is 22.3 Å². The standard InChI is InChI=1S/C25H21N5O3S/c1-15-10-19-23(29-17-9-8-16-13-28-30(2)21(16)12-17)20(25(26)31)14-27-24(19)22(11-15)34(32,33)18-6-4-3-5-7-18/h3-14H,1-2H3,(H2,26,31)(H,27,29). The maximum Gasteiger partial charge on any atom is 0.252 e. The van der Waals surface area contributed by atoms with Gasteiger partial charge in [-0.15, -0.1) is 0 Å². The zero-order valence-corrected chi connectivity index (χ0v) is 19.3. The maximum atomic E-state index is 13.5. The molecule has 2 heterocycles. The Morgan fingerprint density at radius 3 is 2.53 bits per heavy atom. The first kappa shape index (κ1) is 21.6. The fourth-order valence-electron chi connectivity index (χ4n) is 4.03. The molecule has 5 aromatic rings. The summed E-state index contributed by atoms with van der Waals surface area (Å²) in [6.45, 7) is 1.80. The summed E-state index contributed by atoms with van der Waals surface area (Å²) in [6.07, 6.45) is 3.08. The van der Waals surface area contributed by atoms with Crippen LogP contribution in [0.5, 0.6) is 0 Å². The van der Waals surface area contributed by atoms with E-state index in [4.69, 9.17) is 5.73 Å². The first-order valence-electron chi connectivity index (χ1n) is 10.5. The van der Waals surface area contributed by atoms with Gasteiger partial charge in [0.05, 0.1) is 38.3 Å². The van der Waals surface area contributed by atoms with Gasteiger partial charge in [0.2, 0.25) is 9.84 Å². The summed E-state index contributed by atoms with van der Waals surface area (Å²) < 4.78 is 28.7. The zero-order chi connectivity index (χ0) is 24.0. The van der Waals surface area contributed by atoms with E-state index in [1.165, 1.54) is 6.20 Å². The van der Waals surface area contributed by atoms with Gasteiger partial charge in [-0.05, 0) is 55.0 Å². The number of aromatic nitrogens is 3. The lowest BCUT2D eigenvalue weighted by molar-refractivity contribution is 0.100. The van der Waals surface area contributed by atoms with E-state index < -0.39 is 15.7 Å². The lowest BCUT2D eigenvalue weighted by atomic mass is 10.1. The Kier molecular flexibility index (Phi) is 5.06. The topological polar surface area (TPSA) is 120 Å². The molecule has 34 heavy (non-hydrogen) atoms. The van der Waals surface area contributed by atoms with Gasteiger partial charge < -0.3 is 11.1 Å². The van der Waals surface area contributed by atoms with Crippen molar-refractivity contribution in [3.8, 4) is 0 Å². The number of benzene rings is 3. The molecule has 0 saturated heterocycles. The van der Waals surface area contributed by atoms with Crippen molar-refractivity contribution in [2.75, 3.05) is 5.32 Å². The number of aryl methyl sites for hydroxylation is 2. The highest BCUT2D eigenvalue weighted by Crippen LogP contribution is 2.35. The van der Waals surface area contributed by atoms with E-state index in [9.17, 15) is 13.2 Å². The molecule has 9 heteroatoms. The third kappa shape index (κ3) is 3.56. The van der Waals surface area contributed by atoms with Gasteiger partial charge in [0.1, 0.15) is 0 Å². The Balaban J connectivity index is 1.76. The van der Waals surface area contributed by atoms with Crippen LogP contribution in [-0.4, -0.2) is 29.1 Å². The molecular formula is C25H21N5O3S. The maximum absolute atomic E-state index is 13.5. The molecular weight excluding hydrogens is 450 g/mol. The van der Waals surface area contributed by atoms with Gasteiger partial charge in [-0.1, -0.05) is 18.2 Å². The average Bonchev–Trinajstić information content (AvgIpc) is 3.19. The highest BCUT2D eigenvalue weighted by molar-refractivity contribution is 7.91. The van der Waals surface area contributed by atoms with E-state index in [2.05, 4.69) is 15.4 Å². The molecule has 0 saturated carbocycles. The molecule has 1 amide bonds. The first-order valence-corrected chi connectivity index (χ1v) is 12.0. The molecule has 2 aromatic heterocycles. The Bertz CT molecular complexity index is 1690. The molecule has 5 rings (SSSR count). The summed E-state index contributed by atoms with van der Waals surface area (Å²) >= 11 is 0. The molecule has 0 aliphatic carbocycles. The van der Waals surface area contributed by atoms with Crippen LogP contribution in [0.1, 0.15) is 15.9 Å². The van der Waals surface area contributed by atoms with Crippen LogP contribution in [0, 0.1) is 6.92 Å². The SMILES string of the molecule is Cc1cc(S(=O)(=O)c2ccccc2)c2ncc(C(N)=O)c(Nc3ccc4cnn(C)c4c3)c2c1. The van der Waals surface area contributed by atoms with E-state index in [0.717, 1.165) is 10.9 Å². The lowest BCUT2D eigenvalue weighted by Crippen LogP contribution is -2.15. The van der Waals surface area contributed by atoms with Crippen molar-refractivity contribution in [1.82, 2.24) is 14.8 Å². The monoisotopic (exact) mass is 471 g/mol. The minimum atomic E-state index is -3.86. The van der Waals surface area contributed by atoms with Crippen molar-refractivity contribution in [2.24, 2.45) is 12.8 Å². The second-order valence-electron chi connectivity index (χ2n) is 8.05. The van der Waals surface area contributed by atoms with Crippen molar-refractivity contribution in [3.63, 3.8) is 0 Å². The number of carbonyl (C=O) groups is 1. The number of nitrogens with zero attached hydrogens (tertiary/aromatic N) is 3. The van der Waals surface area contributed by atoms with Crippen molar-refractivity contribution in [2.45, 2.75) is 16.7 Å². The summed E-state index contributed by atoms with van der Waals surface area (Å²) in [6, 6.07) is 17.2. The molecule has 8 nitrogen and oxygen atoms in total. The van der Waals surface area contributed by atoms with Crippen LogP contribution in [0.4, 0.5) is 11.4 Å². The molecule has 0 radical (unpaired) electrons. The number of anilines is 2. The number of hydrogen-bond donors (Lipinski definition) is 2. The van der Waals surface area contributed by atoms with Crippen molar-refractivity contribution in [1.29, 1.82) is 0 Å². The van der Waals surface area contributed by atoms with Crippen molar-refractivity contribution >= 4 is 48.9 Å². The molecule has 0 bridgehead atoms. The largest absolute Gasteiger partial charge is 0.365 e. The minimum Gasteiger partial charge on any atom is -0.365 e. The summed E-state index contributed by atoms with van der Waals surface area (Å²) in [5, 5.41) is 8.98. The number of sulfone groups is 1. The van der Waals surface area contributed by atoms with E-state index in [1.54, 1.807) is 60.3 Å². The molecule has 0 aliphatic rings. The highest BCUT2D eigenvalue weighted by atomic mass is 32.2. The van der Waals surface area contributed by atoms with Gasteiger partial charge in [-0.3, -0.25) is 14.5 Å². The number of fused-ring (bicyclic) bond motifs is 2.